The second-order valence-corrected chi connectivity index (χ2v) is 5.41. The number of nitriles is 1. The van der Waals surface area contributed by atoms with Crippen molar-refractivity contribution in [3.8, 4) is 17.2 Å². The fourth-order valence-electron chi connectivity index (χ4n) is 2.63. The SMILES string of the molecule is Cc1ccc(-c2cc(C#N)c(N)c3ccc(C)cc23)cc1. The lowest BCUT2D eigenvalue weighted by Crippen LogP contribution is -1.95. The van der Waals surface area contributed by atoms with E-state index in [0.29, 0.717) is 11.3 Å². The average molecular weight is 272 g/mol. The molecule has 102 valence electrons. The molecule has 21 heavy (non-hydrogen) atoms. The molecule has 0 bridgehead atoms. The van der Waals surface area contributed by atoms with E-state index in [1.807, 2.05) is 18.2 Å². The molecule has 0 aliphatic carbocycles. The maximum atomic E-state index is 9.32. The molecule has 2 heteroatoms. The highest BCUT2D eigenvalue weighted by Gasteiger charge is 2.11. The van der Waals surface area contributed by atoms with Crippen LogP contribution in [-0.4, -0.2) is 0 Å². The predicted molar refractivity (Wildman–Crippen MR) is 88.0 cm³/mol. The molecule has 3 aromatic rings. The maximum absolute atomic E-state index is 9.32. The van der Waals surface area contributed by atoms with Gasteiger partial charge in [0.15, 0.2) is 0 Å². The summed E-state index contributed by atoms with van der Waals surface area (Å²) >= 11 is 0. The summed E-state index contributed by atoms with van der Waals surface area (Å²) in [5, 5.41) is 11.4. The third-order valence-corrected chi connectivity index (χ3v) is 3.82. The lowest BCUT2D eigenvalue weighted by molar-refractivity contribution is 1.46. The Hall–Kier alpha value is -2.79. The van der Waals surface area contributed by atoms with Gasteiger partial charge in [0.25, 0.3) is 0 Å². The topological polar surface area (TPSA) is 49.8 Å². The number of nitrogens with zero attached hydrogens (tertiary/aromatic N) is 1. The molecule has 0 unspecified atom stereocenters. The molecule has 0 aliphatic heterocycles. The van der Waals surface area contributed by atoms with Crippen LogP contribution in [0, 0.1) is 25.2 Å². The largest absolute Gasteiger partial charge is 0.397 e. The molecule has 0 amide bonds. The molecule has 0 aromatic heterocycles. The normalized spacial score (nSPS) is 10.5. The summed E-state index contributed by atoms with van der Waals surface area (Å²) in [5.41, 5.74) is 11.8. The van der Waals surface area contributed by atoms with E-state index in [9.17, 15) is 5.26 Å². The van der Waals surface area contributed by atoms with Crippen LogP contribution in [0.25, 0.3) is 21.9 Å². The zero-order chi connectivity index (χ0) is 15.0. The van der Waals surface area contributed by atoms with Crippen molar-refractivity contribution in [2.45, 2.75) is 13.8 Å². The molecule has 3 aromatic carbocycles. The van der Waals surface area contributed by atoms with Crippen LogP contribution in [0.1, 0.15) is 16.7 Å². The fourth-order valence-corrected chi connectivity index (χ4v) is 2.63. The van der Waals surface area contributed by atoms with Gasteiger partial charge in [-0.25, -0.2) is 0 Å². The van der Waals surface area contributed by atoms with Gasteiger partial charge in [0.2, 0.25) is 0 Å². The number of anilines is 1. The molecule has 3 rings (SSSR count). The van der Waals surface area contributed by atoms with Crippen molar-refractivity contribution in [1.29, 1.82) is 5.26 Å². The number of benzene rings is 3. The molecule has 0 fully saturated rings. The average Bonchev–Trinajstić information content (AvgIpc) is 2.49. The van der Waals surface area contributed by atoms with E-state index in [0.717, 1.165) is 21.9 Å². The number of hydrogen-bond acceptors (Lipinski definition) is 2. The summed E-state index contributed by atoms with van der Waals surface area (Å²) in [6, 6.07) is 18.6. The van der Waals surface area contributed by atoms with Gasteiger partial charge in [0.05, 0.1) is 11.3 Å². The van der Waals surface area contributed by atoms with Gasteiger partial charge in [0, 0.05) is 5.39 Å². The van der Waals surface area contributed by atoms with E-state index in [4.69, 9.17) is 5.73 Å². The number of nitrogen functional groups attached to an aromatic ring is 1. The lowest BCUT2D eigenvalue weighted by Gasteiger charge is -2.12. The molecule has 0 saturated carbocycles. The van der Waals surface area contributed by atoms with Crippen molar-refractivity contribution in [2.75, 3.05) is 5.73 Å². The summed E-state index contributed by atoms with van der Waals surface area (Å²) in [7, 11) is 0. The zero-order valence-electron chi connectivity index (χ0n) is 12.1. The van der Waals surface area contributed by atoms with Gasteiger partial charge < -0.3 is 5.73 Å². The molecule has 0 atom stereocenters. The van der Waals surface area contributed by atoms with Crippen molar-refractivity contribution in [3.05, 3.63) is 65.2 Å². The van der Waals surface area contributed by atoms with Gasteiger partial charge in [-0.3, -0.25) is 0 Å². The van der Waals surface area contributed by atoms with E-state index in [1.165, 1.54) is 11.1 Å². The van der Waals surface area contributed by atoms with Crippen LogP contribution >= 0.6 is 0 Å². The third kappa shape index (κ3) is 2.23. The van der Waals surface area contributed by atoms with Gasteiger partial charge in [-0.05, 0) is 36.4 Å². The van der Waals surface area contributed by atoms with Gasteiger partial charge in [-0.1, -0.05) is 53.6 Å². The van der Waals surface area contributed by atoms with Crippen LogP contribution in [0.2, 0.25) is 0 Å². The molecule has 0 aliphatic rings. The highest BCUT2D eigenvalue weighted by Crippen LogP contribution is 2.35. The van der Waals surface area contributed by atoms with Crippen LogP contribution in [0.15, 0.2) is 48.5 Å². The van der Waals surface area contributed by atoms with Crippen molar-refractivity contribution in [1.82, 2.24) is 0 Å². The first-order valence-corrected chi connectivity index (χ1v) is 6.90. The quantitative estimate of drug-likeness (QED) is 0.659. The first kappa shape index (κ1) is 13.2. The number of fused-ring (bicyclic) bond motifs is 1. The Labute approximate surface area is 124 Å². The first-order chi connectivity index (χ1) is 10.1. The van der Waals surface area contributed by atoms with E-state index in [-0.39, 0.29) is 0 Å². The molecule has 2 nitrogen and oxygen atoms in total. The molecular weight excluding hydrogens is 256 g/mol. The molecule has 2 N–H and O–H groups in total. The molecule has 0 heterocycles. The van der Waals surface area contributed by atoms with Gasteiger partial charge >= 0.3 is 0 Å². The number of hydrogen-bond donors (Lipinski definition) is 1. The monoisotopic (exact) mass is 272 g/mol. The summed E-state index contributed by atoms with van der Waals surface area (Å²) < 4.78 is 0. The maximum Gasteiger partial charge on any atom is 0.101 e. The smallest absolute Gasteiger partial charge is 0.101 e. The molecular formula is C19H16N2. The van der Waals surface area contributed by atoms with Crippen LogP contribution < -0.4 is 5.73 Å². The highest BCUT2D eigenvalue weighted by molar-refractivity contribution is 6.05. The van der Waals surface area contributed by atoms with Crippen LogP contribution in [0.4, 0.5) is 5.69 Å². The fraction of sp³-hybridized carbons (Fsp3) is 0.105. The number of nitrogens with two attached hydrogens (primary N) is 1. The van der Waals surface area contributed by atoms with Crippen molar-refractivity contribution in [2.24, 2.45) is 0 Å². The van der Waals surface area contributed by atoms with E-state index in [1.54, 1.807) is 0 Å². The number of rotatable bonds is 1. The molecule has 0 radical (unpaired) electrons. The Morgan fingerprint density at radius 2 is 1.52 bits per heavy atom. The Kier molecular flexibility index (Phi) is 3.12. The highest BCUT2D eigenvalue weighted by atomic mass is 14.6. The summed E-state index contributed by atoms with van der Waals surface area (Å²) in [6.07, 6.45) is 0. The zero-order valence-corrected chi connectivity index (χ0v) is 12.1. The van der Waals surface area contributed by atoms with Gasteiger partial charge in [-0.2, -0.15) is 5.26 Å². The Morgan fingerprint density at radius 1 is 0.857 bits per heavy atom. The van der Waals surface area contributed by atoms with Crippen LogP contribution in [0.3, 0.4) is 0 Å². The second-order valence-electron chi connectivity index (χ2n) is 5.41. The minimum absolute atomic E-state index is 0.530. The van der Waals surface area contributed by atoms with Crippen molar-refractivity contribution >= 4 is 16.5 Å². The van der Waals surface area contributed by atoms with Gasteiger partial charge in [0.1, 0.15) is 6.07 Å². The standard InChI is InChI=1S/C19H16N2/c1-12-3-6-14(7-4-12)17-10-15(11-20)19(21)16-8-5-13(2)9-18(16)17/h3-10H,21H2,1-2H3. The van der Waals surface area contributed by atoms with Gasteiger partial charge in [-0.15, -0.1) is 0 Å². The Bertz CT molecular complexity index is 869. The molecule has 0 spiro atoms. The van der Waals surface area contributed by atoms with Crippen molar-refractivity contribution < 1.29 is 0 Å². The minimum atomic E-state index is 0.530. The Balaban J connectivity index is 2.40. The van der Waals surface area contributed by atoms with E-state index in [2.05, 4.69) is 50.2 Å². The summed E-state index contributed by atoms with van der Waals surface area (Å²) in [5.74, 6) is 0. The summed E-state index contributed by atoms with van der Waals surface area (Å²) in [4.78, 5) is 0. The van der Waals surface area contributed by atoms with E-state index < -0.39 is 0 Å². The second kappa shape index (κ2) is 4.96. The number of aryl methyl sites for hydroxylation is 2. The predicted octanol–water partition coefficient (Wildman–Crippen LogP) is 4.58. The molecule has 0 saturated heterocycles. The van der Waals surface area contributed by atoms with Crippen molar-refractivity contribution in [3.63, 3.8) is 0 Å². The lowest BCUT2D eigenvalue weighted by atomic mass is 9.93. The first-order valence-electron chi connectivity index (χ1n) is 6.90. The minimum Gasteiger partial charge on any atom is -0.397 e. The van der Waals surface area contributed by atoms with E-state index >= 15 is 0 Å². The summed E-state index contributed by atoms with van der Waals surface area (Å²) in [6.45, 7) is 4.13. The third-order valence-electron chi connectivity index (χ3n) is 3.82. The van der Waals surface area contributed by atoms with Crippen LogP contribution in [0.5, 0.6) is 0 Å². The Morgan fingerprint density at radius 3 is 2.19 bits per heavy atom. The van der Waals surface area contributed by atoms with Crippen LogP contribution in [-0.2, 0) is 0 Å².